The van der Waals surface area contributed by atoms with Crippen molar-refractivity contribution in [2.45, 2.75) is 25.1 Å². The van der Waals surface area contributed by atoms with Crippen LogP contribution in [0.25, 0.3) is 6.08 Å². The van der Waals surface area contributed by atoms with Gasteiger partial charge in [-0.3, -0.25) is 9.78 Å². The summed E-state index contributed by atoms with van der Waals surface area (Å²) in [5.74, 6) is 0.272. The summed E-state index contributed by atoms with van der Waals surface area (Å²) in [4.78, 5) is 21.8. The van der Waals surface area contributed by atoms with Crippen LogP contribution >= 0.6 is 0 Å². The molecule has 1 amide bonds. The predicted molar refractivity (Wildman–Crippen MR) is 95.9 cm³/mol. The lowest BCUT2D eigenvalue weighted by molar-refractivity contribution is -0.137. The molecule has 8 heteroatoms. The van der Waals surface area contributed by atoms with Gasteiger partial charge in [-0.25, -0.2) is 4.98 Å². The summed E-state index contributed by atoms with van der Waals surface area (Å²) in [7, 11) is 0. The summed E-state index contributed by atoms with van der Waals surface area (Å²) < 4.78 is 38.0. The second kappa shape index (κ2) is 8.20. The van der Waals surface area contributed by atoms with Gasteiger partial charge in [0.2, 0.25) is 5.91 Å². The topological polar surface area (TPSA) is 58.1 Å². The molecule has 2 aromatic heterocycles. The number of hydrogen-bond acceptors (Lipinski definition) is 4. The number of hydrogen-bond donors (Lipinski definition) is 1. The van der Waals surface area contributed by atoms with Crippen molar-refractivity contribution in [3.63, 3.8) is 0 Å². The Labute approximate surface area is 154 Å². The number of amides is 1. The van der Waals surface area contributed by atoms with E-state index in [1.807, 2.05) is 4.90 Å². The van der Waals surface area contributed by atoms with Gasteiger partial charge in [0.1, 0.15) is 5.82 Å². The molecule has 1 N–H and O–H groups in total. The van der Waals surface area contributed by atoms with E-state index >= 15 is 0 Å². The molecule has 142 valence electrons. The Morgan fingerprint density at radius 3 is 2.67 bits per heavy atom. The van der Waals surface area contributed by atoms with E-state index in [1.54, 1.807) is 30.6 Å². The number of anilines is 1. The van der Waals surface area contributed by atoms with Crippen LogP contribution in [0.15, 0.2) is 48.9 Å². The first kappa shape index (κ1) is 18.9. The molecule has 0 spiro atoms. The van der Waals surface area contributed by atoms with Crippen molar-refractivity contribution in [1.29, 1.82) is 0 Å². The minimum atomic E-state index is -4.40. The van der Waals surface area contributed by atoms with Crippen LogP contribution in [-0.2, 0) is 11.0 Å². The number of piperidine rings is 1. The van der Waals surface area contributed by atoms with Gasteiger partial charge < -0.3 is 10.2 Å². The Morgan fingerprint density at radius 2 is 2.00 bits per heavy atom. The number of carbonyl (C=O) groups excluding carboxylic acids is 1. The Morgan fingerprint density at radius 1 is 1.22 bits per heavy atom. The standard InChI is InChI=1S/C19H19F3N4O/c20-19(21,22)15-4-5-17(24-12-15)26-11-1-2-16(13-26)25-18(27)6-3-14-7-9-23-10-8-14/h3-10,12,16H,1-2,11,13H2,(H,25,27)/b6-3+/t16-/m1/s1. The molecular weight excluding hydrogens is 357 g/mol. The number of halogens is 3. The Balaban J connectivity index is 1.57. The van der Waals surface area contributed by atoms with Gasteiger partial charge in [-0.1, -0.05) is 0 Å². The normalized spacial score (nSPS) is 17.9. The van der Waals surface area contributed by atoms with Gasteiger partial charge in [0.05, 0.1) is 5.56 Å². The Hall–Kier alpha value is -2.90. The fourth-order valence-electron chi connectivity index (χ4n) is 2.94. The number of aromatic nitrogens is 2. The first-order valence-corrected chi connectivity index (χ1v) is 8.58. The molecule has 0 radical (unpaired) electrons. The van der Waals surface area contributed by atoms with Gasteiger partial charge in [-0.05, 0) is 48.7 Å². The molecule has 0 bridgehead atoms. The van der Waals surface area contributed by atoms with Crippen molar-refractivity contribution in [2.75, 3.05) is 18.0 Å². The second-order valence-corrected chi connectivity index (χ2v) is 6.31. The maximum atomic E-state index is 12.7. The van der Waals surface area contributed by atoms with Crippen LogP contribution in [0.2, 0.25) is 0 Å². The molecule has 2 aromatic rings. The molecule has 5 nitrogen and oxygen atoms in total. The molecule has 0 saturated carbocycles. The van der Waals surface area contributed by atoms with Crippen molar-refractivity contribution >= 4 is 17.8 Å². The zero-order chi connectivity index (χ0) is 19.3. The lowest BCUT2D eigenvalue weighted by atomic mass is 10.1. The summed E-state index contributed by atoms with van der Waals surface area (Å²) in [5, 5.41) is 2.93. The van der Waals surface area contributed by atoms with Gasteiger partial charge >= 0.3 is 6.18 Å². The van der Waals surface area contributed by atoms with E-state index in [4.69, 9.17) is 0 Å². The first-order chi connectivity index (χ1) is 12.9. The predicted octanol–water partition coefficient (Wildman–Crippen LogP) is 3.29. The molecule has 1 atom stereocenters. The number of rotatable bonds is 4. The lowest BCUT2D eigenvalue weighted by Crippen LogP contribution is -2.47. The van der Waals surface area contributed by atoms with E-state index in [0.29, 0.717) is 18.9 Å². The minimum Gasteiger partial charge on any atom is -0.355 e. The van der Waals surface area contributed by atoms with E-state index < -0.39 is 11.7 Å². The highest BCUT2D eigenvalue weighted by atomic mass is 19.4. The zero-order valence-electron chi connectivity index (χ0n) is 14.5. The SMILES string of the molecule is O=C(/C=C/c1ccncc1)N[C@@H]1CCCN(c2ccc(C(F)(F)F)cn2)C1. The summed E-state index contributed by atoms with van der Waals surface area (Å²) in [6.07, 6.45) is 4.54. The van der Waals surface area contributed by atoms with Crippen molar-refractivity contribution in [3.05, 3.63) is 60.1 Å². The largest absolute Gasteiger partial charge is 0.417 e. The molecular formula is C19H19F3N4O. The third kappa shape index (κ3) is 5.29. The molecule has 3 rings (SSSR count). The molecule has 1 aliphatic rings. The number of nitrogens with zero attached hydrogens (tertiary/aromatic N) is 3. The highest BCUT2D eigenvalue weighted by molar-refractivity contribution is 5.91. The van der Waals surface area contributed by atoms with Gasteiger partial charge in [-0.2, -0.15) is 13.2 Å². The van der Waals surface area contributed by atoms with Gasteiger partial charge in [-0.15, -0.1) is 0 Å². The average Bonchev–Trinajstić information content (AvgIpc) is 2.67. The van der Waals surface area contributed by atoms with Crippen molar-refractivity contribution < 1.29 is 18.0 Å². The summed E-state index contributed by atoms with van der Waals surface area (Å²) in [6, 6.07) is 5.90. The minimum absolute atomic E-state index is 0.0857. The molecule has 0 aliphatic carbocycles. The van der Waals surface area contributed by atoms with Crippen molar-refractivity contribution in [2.24, 2.45) is 0 Å². The number of nitrogens with one attached hydrogen (secondary N) is 1. The maximum Gasteiger partial charge on any atom is 0.417 e. The molecule has 3 heterocycles. The fourth-order valence-corrected chi connectivity index (χ4v) is 2.94. The Kier molecular flexibility index (Phi) is 5.73. The number of carbonyl (C=O) groups is 1. The second-order valence-electron chi connectivity index (χ2n) is 6.31. The highest BCUT2D eigenvalue weighted by Crippen LogP contribution is 2.29. The molecule has 1 aliphatic heterocycles. The van der Waals surface area contributed by atoms with Crippen LogP contribution in [-0.4, -0.2) is 35.0 Å². The molecule has 0 unspecified atom stereocenters. The first-order valence-electron chi connectivity index (χ1n) is 8.58. The fraction of sp³-hybridized carbons (Fsp3) is 0.316. The molecule has 1 saturated heterocycles. The number of alkyl halides is 3. The van der Waals surface area contributed by atoms with E-state index in [2.05, 4.69) is 15.3 Å². The zero-order valence-corrected chi connectivity index (χ0v) is 14.5. The van der Waals surface area contributed by atoms with Crippen LogP contribution in [0.5, 0.6) is 0 Å². The van der Waals surface area contributed by atoms with E-state index in [9.17, 15) is 18.0 Å². The van der Waals surface area contributed by atoms with Crippen LogP contribution in [0, 0.1) is 0 Å². The quantitative estimate of drug-likeness (QED) is 0.832. The van der Waals surface area contributed by atoms with Gasteiger partial charge in [0, 0.05) is 43.8 Å². The Bertz CT molecular complexity index is 791. The highest BCUT2D eigenvalue weighted by Gasteiger charge is 2.31. The summed E-state index contributed by atoms with van der Waals surface area (Å²) >= 11 is 0. The van der Waals surface area contributed by atoms with Crippen LogP contribution < -0.4 is 10.2 Å². The smallest absolute Gasteiger partial charge is 0.355 e. The number of pyridine rings is 2. The van der Waals surface area contributed by atoms with E-state index in [1.165, 1.54) is 12.1 Å². The molecule has 27 heavy (non-hydrogen) atoms. The average molecular weight is 376 g/mol. The van der Waals surface area contributed by atoms with Crippen LogP contribution in [0.1, 0.15) is 24.0 Å². The van der Waals surface area contributed by atoms with Crippen molar-refractivity contribution in [1.82, 2.24) is 15.3 Å². The van der Waals surface area contributed by atoms with E-state index in [0.717, 1.165) is 30.7 Å². The summed E-state index contributed by atoms with van der Waals surface area (Å²) in [6.45, 7) is 1.20. The van der Waals surface area contributed by atoms with Crippen LogP contribution in [0.4, 0.5) is 19.0 Å². The van der Waals surface area contributed by atoms with Gasteiger partial charge in [0.15, 0.2) is 0 Å². The van der Waals surface area contributed by atoms with Crippen LogP contribution in [0.3, 0.4) is 0 Å². The summed E-state index contributed by atoms with van der Waals surface area (Å²) in [5.41, 5.74) is 0.105. The maximum absolute atomic E-state index is 12.7. The third-order valence-electron chi connectivity index (χ3n) is 4.30. The van der Waals surface area contributed by atoms with Gasteiger partial charge in [0.25, 0.3) is 0 Å². The third-order valence-corrected chi connectivity index (χ3v) is 4.30. The monoisotopic (exact) mass is 376 g/mol. The molecule has 0 aromatic carbocycles. The van der Waals surface area contributed by atoms with E-state index in [-0.39, 0.29) is 11.9 Å². The molecule has 1 fully saturated rings. The van der Waals surface area contributed by atoms with Crippen molar-refractivity contribution in [3.8, 4) is 0 Å². The lowest BCUT2D eigenvalue weighted by Gasteiger charge is -2.33.